The van der Waals surface area contributed by atoms with Gasteiger partial charge in [0.2, 0.25) is 0 Å². The molecule has 0 aliphatic carbocycles. The van der Waals surface area contributed by atoms with Crippen LogP contribution in [0.15, 0.2) is 28.2 Å². The van der Waals surface area contributed by atoms with Crippen LogP contribution in [0.5, 0.6) is 11.5 Å². The fraction of sp³-hybridized carbons (Fsp3) is 0.167. The number of hydrogen-bond donors (Lipinski definition) is 2. The number of aromatic hydroxyl groups is 2. The van der Waals surface area contributed by atoms with Crippen LogP contribution >= 0.6 is 0 Å². The zero-order valence-electron chi connectivity index (χ0n) is 10.6. The average Bonchev–Trinajstić information content (AvgIpc) is 2.39. The molecule has 94 valence electrons. The number of aliphatic imine (C=N–C) groups is 2. The first-order valence-corrected chi connectivity index (χ1v) is 8.61. The third-order valence-corrected chi connectivity index (χ3v) is 4.77. The standard InChI is InChI=1S/C10H9N3O2.2CH2.2Al/c1-13-5-11-10(12-6-13)8-3-2-7(14)4-9(8)15;;;;/h2-5,14-15H,1H3;2*1H2;;. The summed E-state index contributed by atoms with van der Waals surface area (Å²) < 4.78 is 0.902. The number of amidine groups is 2. The summed E-state index contributed by atoms with van der Waals surface area (Å²) in [7, 11) is 1.94. The topological polar surface area (TPSA) is 68.4 Å². The Bertz CT molecular complexity index is 599. The molecule has 0 amide bonds. The molecule has 5 nitrogen and oxygen atoms in total. The van der Waals surface area contributed by atoms with Gasteiger partial charge in [-0.25, -0.2) is 0 Å². The van der Waals surface area contributed by atoms with Crippen molar-refractivity contribution in [1.29, 1.82) is 0 Å². The van der Waals surface area contributed by atoms with Crippen molar-refractivity contribution >= 4 is 50.9 Å². The molecule has 0 fully saturated rings. The maximum atomic E-state index is 9.89. The van der Waals surface area contributed by atoms with Gasteiger partial charge in [-0.05, 0) is 0 Å². The molecule has 7 heteroatoms. The summed E-state index contributed by atoms with van der Waals surface area (Å²) in [5.74, 6) is 0.479. The van der Waals surface area contributed by atoms with Crippen LogP contribution in [-0.4, -0.2) is 78.1 Å². The molecule has 2 N–H and O–H groups in total. The molecule has 1 aromatic rings. The number of nitrogens with zero attached hydrogens (tertiary/aromatic N) is 3. The van der Waals surface area contributed by atoms with Gasteiger partial charge in [-0.3, -0.25) is 0 Å². The van der Waals surface area contributed by atoms with Crippen LogP contribution in [0.3, 0.4) is 0 Å². The van der Waals surface area contributed by atoms with Gasteiger partial charge < -0.3 is 0 Å². The second-order valence-corrected chi connectivity index (χ2v) is 6.08. The van der Waals surface area contributed by atoms with Gasteiger partial charge in [0.1, 0.15) is 0 Å². The van der Waals surface area contributed by atoms with Crippen molar-refractivity contribution in [2.45, 2.75) is 5.03 Å². The molecule has 0 radical (unpaired) electrons. The van der Waals surface area contributed by atoms with E-state index in [0.29, 0.717) is 11.4 Å². The third kappa shape index (κ3) is 2.86. The van der Waals surface area contributed by atoms with E-state index in [2.05, 4.69) is 20.8 Å². The number of phenols is 2. The normalized spacial score (nSPS) is 18.2. The molecule has 19 heavy (non-hydrogen) atoms. The van der Waals surface area contributed by atoms with E-state index in [1.807, 2.05) is 11.9 Å². The van der Waals surface area contributed by atoms with E-state index >= 15 is 0 Å². The number of rotatable bonds is 3. The maximum absolute atomic E-state index is 9.89. The molecular weight excluding hydrogens is 272 g/mol. The van der Waals surface area contributed by atoms with Crippen molar-refractivity contribution in [3.05, 3.63) is 23.8 Å². The van der Waals surface area contributed by atoms with Crippen LogP contribution in [0.2, 0.25) is 0 Å². The molecule has 1 aliphatic rings. The quantitative estimate of drug-likeness (QED) is 0.749. The monoisotopic (exact) mass is 285 g/mol. The van der Waals surface area contributed by atoms with Gasteiger partial charge in [0.15, 0.2) is 0 Å². The van der Waals surface area contributed by atoms with E-state index in [4.69, 9.17) is 0 Å². The van der Waals surface area contributed by atoms with Crippen molar-refractivity contribution < 1.29 is 10.2 Å². The minimum atomic E-state index is -0.188. The zero-order valence-corrected chi connectivity index (χ0v) is 12.9. The van der Waals surface area contributed by atoms with E-state index in [1.54, 1.807) is 6.07 Å². The molecule has 1 atom stereocenters. The van der Waals surface area contributed by atoms with Gasteiger partial charge in [0.25, 0.3) is 0 Å². The number of phenolic OH excluding ortho intramolecular Hbond substituents is 2. The molecule has 2 rings (SSSR count). The van der Waals surface area contributed by atoms with Crippen LogP contribution in [0, 0.1) is 0 Å². The fourth-order valence-corrected chi connectivity index (χ4v) is 3.34. The van der Waals surface area contributed by atoms with Crippen molar-refractivity contribution in [3.63, 3.8) is 0 Å². The summed E-state index contributed by atoms with van der Waals surface area (Å²) in [6.07, 6.45) is 0. The zero-order chi connectivity index (χ0) is 14.0. The SMILES string of the molecule is [CH2]=[Al][C]1=NC(c2ccc(O)cc2O)=N[CH]([Al]=[CH2])N1C. The first-order valence-electron chi connectivity index (χ1n) is 5.73. The molecule has 1 heterocycles. The van der Waals surface area contributed by atoms with Gasteiger partial charge in [-0.15, -0.1) is 0 Å². The Labute approximate surface area is 123 Å². The van der Waals surface area contributed by atoms with Crippen molar-refractivity contribution in [1.82, 2.24) is 4.90 Å². The fourth-order valence-electron chi connectivity index (χ4n) is 1.80. The summed E-state index contributed by atoms with van der Waals surface area (Å²) in [5.41, 5.74) is 0.522. The molecule has 0 bridgehead atoms. The molecule has 1 unspecified atom stereocenters. The summed E-state index contributed by atoms with van der Waals surface area (Å²) in [6.45, 7) is 0. The van der Waals surface area contributed by atoms with Crippen LogP contribution < -0.4 is 0 Å². The minimum absolute atomic E-state index is 0.00930. The molecule has 1 aromatic carbocycles. The Kier molecular flexibility index (Phi) is 4.34. The van der Waals surface area contributed by atoms with Crippen molar-refractivity contribution in [2.24, 2.45) is 9.98 Å². The molecule has 0 aromatic heterocycles. The first kappa shape index (κ1) is 14.2. The van der Waals surface area contributed by atoms with Crippen molar-refractivity contribution in [3.8, 4) is 11.5 Å². The van der Waals surface area contributed by atoms with E-state index in [-0.39, 0.29) is 46.1 Å². The number of benzene rings is 1. The van der Waals surface area contributed by atoms with Gasteiger partial charge in [0.05, 0.1) is 0 Å². The Morgan fingerprint density at radius 1 is 1.32 bits per heavy atom. The summed E-state index contributed by atoms with van der Waals surface area (Å²) in [5, 5.41) is 27.1. The van der Waals surface area contributed by atoms with Gasteiger partial charge >= 0.3 is 123 Å². The molecule has 1 aliphatic heterocycles. The van der Waals surface area contributed by atoms with E-state index in [0.717, 1.165) is 4.70 Å². The number of hydrogen-bond acceptors (Lipinski definition) is 5. The first-order chi connectivity index (χ1) is 9.06. The molecule has 0 saturated carbocycles. The second-order valence-electron chi connectivity index (χ2n) is 4.09. The van der Waals surface area contributed by atoms with Gasteiger partial charge in [-0.2, -0.15) is 0 Å². The van der Waals surface area contributed by atoms with Crippen molar-refractivity contribution in [2.75, 3.05) is 7.05 Å². The van der Waals surface area contributed by atoms with Crippen LogP contribution in [-0.2, 0) is 0 Å². The molecular formula is C12H13Al2N3O2. The Morgan fingerprint density at radius 2 is 2.05 bits per heavy atom. The molecule has 0 spiro atoms. The summed E-state index contributed by atoms with van der Waals surface area (Å²) >= 11 is -0.314. The van der Waals surface area contributed by atoms with Crippen LogP contribution in [0.25, 0.3) is 0 Å². The predicted molar refractivity (Wildman–Crippen MR) is 81.0 cm³/mol. The Hall–Kier alpha value is -1.24. The van der Waals surface area contributed by atoms with Crippen LogP contribution in [0.1, 0.15) is 5.56 Å². The van der Waals surface area contributed by atoms with E-state index in [9.17, 15) is 10.2 Å². The van der Waals surface area contributed by atoms with E-state index in [1.165, 1.54) is 12.1 Å². The summed E-state index contributed by atoms with van der Waals surface area (Å²) in [4.78, 5) is 11.0. The summed E-state index contributed by atoms with van der Waals surface area (Å²) in [6, 6.07) is 4.41. The second kappa shape index (κ2) is 5.82. The Balaban J connectivity index is 2.51. The van der Waals surface area contributed by atoms with Gasteiger partial charge in [0, 0.05) is 0 Å². The van der Waals surface area contributed by atoms with E-state index < -0.39 is 0 Å². The average molecular weight is 285 g/mol. The predicted octanol–water partition coefficient (Wildman–Crippen LogP) is -0.298. The van der Waals surface area contributed by atoms with Gasteiger partial charge in [-0.1, -0.05) is 0 Å². The third-order valence-electron chi connectivity index (χ3n) is 2.85. The molecule has 0 saturated heterocycles. The van der Waals surface area contributed by atoms with Crippen LogP contribution in [0.4, 0.5) is 0 Å². The Morgan fingerprint density at radius 3 is 2.63 bits per heavy atom.